The predicted octanol–water partition coefficient (Wildman–Crippen LogP) is 5.22. The number of anilines is 1. The van der Waals surface area contributed by atoms with Crippen LogP contribution in [0.15, 0.2) is 77.7 Å². The minimum atomic E-state index is -4.14. The third-order valence-corrected chi connectivity index (χ3v) is 8.57. The Morgan fingerprint density at radius 2 is 1.57 bits per heavy atom. The van der Waals surface area contributed by atoms with Gasteiger partial charge < -0.3 is 10.2 Å². The molecule has 0 radical (unpaired) electrons. The molecule has 3 aromatic rings. The Morgan fingerprint density at radius 1 is 0.925 bits per heavy atom. The van der Waals surface area contributed by atoms with Crippen molar-refractivity contribution in [2.75, 3.05) is 17.4 Å². The van der Waals surface area contributed by atoms with Gasteiger partial charge in [-0.25, -0.2) is 12.8 Å². The molecule has 0 heterocycles. The van der Waals surface area contributed by atoms with E-state index in [-0.39, 0.29) is 23.3 Å². The van der Waals surface area contributed by atoms with Gasteiger partial charge in [-0.3, -0.25) is 13.9 Å². The Hall–Kier alpha value is -3.72. The minimum absolute atomic E-state index is 0.0126. The topological polar surface area (TPSA) is 86.8 Å². The molecule has 3 aromatic carbocycles. The van der Waals surface area contributed by atoms with Crippen molar-refractivity contribution in [1.29, 1.82) is 0 Å². The van der Waals surface area contributed by atoms with Gasteiger partial charge in [-0.15, -0.1) is 0 Å². The summed E-state index contributed by atoms with van der Waals surface area (Å²) < 4.78 is 42.6. The summed E-state index contributed by atoms with van der Waals surface area (Å²) in [6.07, 6.45) is 0.311. The molecule has 1 atom stereocenters. The Kier molecular flexibility index (Phi) is 10.5. The number of nitrogens with zero attached hydrogens (tertiary/aromatic N) is 2. The van der Waals surface area contributed by atoms with Gasteiger partial charge in [0.15, 0.2) is 0 Å². The maximum absolute atomic E-state index is 14.1. The van der Waals surface area contributed by atoms with Crippen molar-refractivity contribution in [2.45, 2.75) is 58.5 Å². The molecule has 7 nitrogen and oxygen atoms in total. The number of halogens is 1. The van der Waals surface area contributed by atoms with Gasteiger partial charge in [0.05, 0.1) is 10.6 Å². The first-order chi connectivity index (χ1) is 18.9. The van der Waals surface area contributed by atoms with Gasteiger partial charge in [0.25, 0.3) is 10.0 Å². The standard InChI is InChI=1S/C31H38FN3O4S/c1-6-28(31(37)33-19-22(2)3)34(20-25-15-17-26(32)18-16-25)30(36)21-35(29-14-10-11-23(4)24(29)5)40(38,39)27-12-8-7-9-13-27/h7-18,22,28H,6,19-21H2,1-5H3,(H,33,37)/t28-/m1/s1. The average molecular weight is 568 g/mol. The number of amides is 2. The summed E-state index contributed by atoms with van der Waals surface area (Å²) in [7, 11) is -4.14. The lowest BCUT2D eigenvalue weighted by Crippen LogP contribution is -2.52. The lowest BCUT2D eigenvalue weighted by atomic mass is 10.1. The van der Waals surface area contributed by atoms with Crippen LogP contribution in [0.1, 0.15) is 43.9 Å². The number of aryl methyl sites for hydroxylation is 1. The van der Waals surface area contributed by atoms with E-state index in [1.807, 2.05) is 33.8 Å². The van der Waals surface area contributed by atoms with Crippen LogP contribution in [0.25, 0.3) is 0 Å². The summed E-state index contributed by atoms with van der Waals surface area (Å²) in [5.41, 5.74) is 2.60. The molecule has 0 saturated heterocycles. The summed E-state index contributed by atoms with van der Waals surface area (Å²) in [5.74, 6) is -1.08. The number of carbonyl (C=O) groups excluding carboxylic acids is 2. The van der Waals surface area contributed by atoms with Gasteiger partial charge in [-0.05, 0) is 73.2 Å². The quantitative estimate of drug-likeness (QED) is 0.325. The van der Waals surface area contributed by atoms with Crippen LogP contribution in [0, 0.1) is 25.6 Å². The van der Waals surface area contributed by atoms with Crippen LogP contribution in [-0.2, 0) is 26.2 Å². The van der Waals surface area contributed by atoms with E-state index in [9.17, 15) is 22.4 Å². The van der Waals surface area contributed by atoms with Crippen molar-refractivity contribution in [3.63, 3.8) is 0 Å². The molecule has 0 spiro atoms. The first kappa shape index (κ1) is 30.8. The summed E-state index contributed by atoms with van der Waals surface area (Å²) in [6.45, 7) is 9.36. The Balaban J connectivity index is 2.07. The molecule has 1 N–H and O–H groups in total. The fourth-order valence-corrected chi connectivity index (χ4v) is 5.86. The minimum Gasteiger partial charge on any atom is -0.354 e. The van der Waals surface area contributed by atoms with Crippen LogP contribution in [0.4, 0.5) is 10.1 Å². The summed E-state index contributed by atoms with van der Waals surface area (Å²) in [5, 5.41) is 2.90. The number of rotatable bonds is 12. The van der Waals surface area contributed by atoms with Crippen molar-refractivity contribution in [1.82, 2.24) is 10.2 Å². The zero-order valence-corrected chi connectivity index (χ0v) is 24.5. The van der Waals surface area contributed by atoms with Crippen molar-refractivity contribution in [3.05, 3.63) is 95.3 Å². The third kappa shape index (κ3) is 7.47. The maximum atomic E-state index is 14.1. The van der Waals surface area contributed by atoms with Gasteiger partial charge in [0, 0.05) is 13.1 Å². The van der Waals surface area contributed by atoms with E-state index in [1.165, 1.54) is 29.2 Å². The molecule has 214 valence electrons. The maximum Gasteiger partial charge on any atom is 0.264 e. The van der Waals surface area contributed by atoms with Crippen molar-refractivity contribution in [3.8, 4) is 0 Å². The fourth-order valence-electron chi connectivity index (χ4n) is 4.37. The van der Waals surface area contributed by atoms with Gasteiger partial charge in [0.2, 0.25) is 11.8 Å². The molecule has 9 heteroatoms. The molecule has 0 aromatic heterocycles. The zero-order valence-electron chi connectivity index (χ0n) is 23.7. The molecule has 0 unspecified atom stereocenters. The van der Waals surface area contributed by atoms with E-state index in [4.69, 9.17) is 0 Å². The van der Waals surface area contributed by atoms with Crippen LogP contribution in [0.2, 0.25) is 0 Å². The summed E-state index contributed by atoms with van der Waals surface area (Å²) in [4.78, 5) is 28.8. The van der Waals surface area contributed by atoms with Crippen LogP contribution in [-0.4, -0.2) is 44.3 Å². The average Bonchev–Trinajstić information content (AvgIpc) is 2.93. The number of hydrogen-bond donors (Lipinski definition) is 1. The highest BCUT2D eigenvalue weighted by Gasteiger charge is 2.34. The van der Waals surface area contributed by atoms with Crippen molar-refractivity contribution < 1.29 is 22.4 Å². The molecular weight excluding hydrogens is 529 g/mol. The van der Waals surface area contributed by atoms with E-state index in [0.717, 1.165) is 15.4 Å². The van der Waals surface area contributed by atoms with E-state index in [1.54, 1.807) is 49.4 Å². The van der Waals surface area contributed by atoms with Crippen LogP contribution in [0.3, 0.4) is 0 Å². The lowest BCUT2D eigenvalue weighted by molar-refractivity contribution is -0.140. The number of carbonyl (C=O) groups is 2. The molecule has 0 bridgehead atoms. The first-order valence-electron chi connectivity index (χ1n) is 13.4. The second-order valence-electron chi connectivity index (χ2n) is 10.3. The molecule has 0 aliphatic carbocycles. The highest BCUT2D eigenvalue weighted by Crippen LogP contribution is 2.29. The molecule has 0 aliphatic heterocycles. The Morgan fingerprint density at radius 3 is 2.17 bits per heavy atom. The van der Waals surface area contributed by atoms with E-state index >= 15 is 0 Å². The van der Waals surface area contributed by atoms with E-state index in [2.05, 4.69) is 5.32 Å². The van der Waals surface area contributed by atoms with E-state index < -0.39 is 34.3 Å². The number of nitrogens with one attached hydrogen (secondary N) is 1. The van der Waals surface area contributed by atoms with Gasteiger partial charge >= 0.3 is 0 Å². The normalized spacial score (nSPS) is 12.2. The predicted molar refractivity (Wildman–Crippen MR) is 156 cm³/mol. The van der Waals surface area contributed by atoms with Gasteiger partial charge in [-0.1, -0.05) is 63.2 Å². The van der Waals surface area contributed by atoms with Gasteiger partial charge in [0.1, 0.15) is 18.4 Å². The van der Waals surface area contributed by atoms with Gasteiger partial charge in [-0.2, -0.15) is 0 Å². The molecule has 0 aliphatic rings. The van der Waals surface area contributed by atoms with Crippen molar-refractivity contribution in [2.24, 2.45) is 5.92 Å². The molecule has 2 amide bonds. The second-order valence-corrected chi connectivity index (χ2v) is 12.1. The molecule has 0 saturated carbocycles. The monoisotopic (exact) mass is 567 g/mol. The van der Waals surface area contributed by atoms with Crippen LogP contribution >= 0.6 is 0 Å². The SMILES string of the molecule is CC[C@H](C(=O)NCC(C)C)N(Cc1ccc(F)cc1)C(=O)CN(c1cccc(C)c1C)S(=O)(=O)c1ccccc1. The van der Waals surface area contributed by atoms with E-state index in [0.29, 0.717) is 24.2 Å². The largest absolute Gasteiger partial charge is 0.354 e. The van der Waals surface area contributed by atoms with Crippen LogP contribution < -0.4 is 9.62 Å². The summed E-state index contributed by atoms with van der Waals surface area (Å²) in [6, 6.07) is 18.1. The highest BCUT2D eigenvalue weighted by molar-refractivity contribution is 7.92. The third-order valence-electron chi connectivity index (χ3n) is 6.79. The summed E-state index contributed by atoms with van der Waals surface area (Å²) >= 11 is 0. The van der Waals surface area contributed by atoms with Crippen LogP contribution in [0.5, 0.6) is 0 Å². The first-order valence-corrected chi connectivity index (χ1v) is 14.8. The molecular formula is C31H38FN3O4S. The lowest BCUT2D eigenvalue weighted by Gasteiger charge is -2.34. The smallest absolute Gasteiger partial charge is 0.264 e. The zero-order chi connectivity index (χ0) is 29.4. The molecule has 3 rings (SSSR count). The fraction of sp³-hybridized carbons (Fsp3) is 0.355. The second kappa shape index (κ2) is 13.6. The highest BCUT2D eigenvalue weighted by atomic mass is 32.2. The number of sulfonamides is 1. The Bertz CT molecular complexity index is 1410. The number of benzene rings is 3. The molecule has 40 heavy (non-hydrogen) atoms. The number of hydrogen-bond acceptors (Lipinski definition) is 4. The Labute approximate surface area is 237 Å². The molecule has 0 fully saturated rings. The van der Waals surface area contributed by atoms with Crippen molar-refractivity contribution >= 4 is 27.5 Å².